The lowest BCUT2D eigenvalue weighted by molar-refractivity contribution is 0.251. The Hall–Kier alpha value is -2.34. The number of hydrogen-bond donors (Lipinski definition) is 3. The van der Waals surface area contributed by atoms with Crippen LogP contribution in [0.15, 0.2) is 43.0 Å². The van der Waals surface area contributed by atoms with Crippen molar-refractivity contribution in [2.24, 2.45) is 0 Å². The maximum atomic E-state index is 11.8. The van der Waals surface area contributed by atoms with E-state index in [4.69, 9.17) is 0 Å². The minimum Gasteiger partial charge on any atom is -0.336 e. The summed E-state index contributed by atoms with van der Waals surface area (Å²) in [6, 6.07) is 7.90. The van der Waals surface area contributed by atoms with Gasteiger partial charge < -0.3 is 20.5 Å². The Balaban J connectivity index is 1.77. The maximum absolute atomic E-state index is 11.8. The van der Waals surface area contributed by atoms with E-state index in [9.17, 15) is 4.79 Å². The first-order valence-electron chi connectivity index (χ1n) is 6.97. The molecular formula is C15H21N5O. The maximum Gasteiger partial charge on any atom is 0.319 e. The highest BCUT2D eigenvalue weighted by Gasteiger charge is 2.04. The summed E-state index contributed by atoms with van der Waals surface area (Å²) in [5.41, 5.74) is 1.96. The molecule has 0 aliphatic heterocycles. The fraction of sp³-hybridized carbons (Fsp3) is 0.333. The van der Waals surface area contributed by atoms with Crippen LogP contribution in [0, 0.1) is 0 Å². The van der Waals surface area contributed by atoms with Crippen LogP contribution in [0.25, 0.3) is 0 Å². The van der Waals surface area contributed by atoms with E-state index >= 15 is 0 Å². The van der Waals surface area contributed by atoms with Crippen LogP contribution >= 0.6 is 0 Å². The molecule has 0 bridgehead atoms. The van der Waals surface area contributed by atoms with E-state index in [0.29, 0.717) is 19.1 Å². The van der Waals surface area contributed by atoms with Crippen molar-refractivity contribution in [2.75, 3.05) is 18.9 Å². The van der Waals surface area contributed by atoms with E-state index in [1.165, 1.54) is 5.56 Å². The molecule has 1 heterocycles. The van der Waals surface area contributed by atoms with E-state index in [1.807, 2.05) is 42.1 Å². The average Bonchev–Trinajstić information content (AvgIpc) is 3.00. The summed E-state index contributed by atoms with van der Waals surface area (Å²) in [5, 5.41) is 8.79. The second-order valence-electron chi connectivity index (χ2n) is 4.81. The lowest BCUT2D eigenvalue weighted by atomic mass is 10.1. The van der Waals surface area contributed by atoms with Gasteiger partial charge in [0, 0.05) is 37.2 Å². The van der Waals surface area contributed by atoms with Crippen LogP contribution in [0.4, 0.5) is 10.5 Å². The molecule has 0 aliphatic rings. The fourth-order valence-electron chi connectivity index (χ4n) is 1.91. The molecule has 2 amide bonds. The Kier molecular flexibility index (Phi) is 5.34. The van der Waals surface area contributed by atoms with Gasteiger partial charge in [0.2, 0.25) is 0 Å². The second kappa shape index (κ2) is 7.44. The van der Waals surface area contributed by atoms with Crippen molar-refractivity contribution in [3.63, 3.8) is 0 Å². The van der Waals surface area contributed by atoms with Crippen molar-refractivity contribution in [3.8, 4) is 0 Å². The van der Waals surface area contributed by atoms with Crippen molar-refractivity contribution < 1.29 is 4.79 Å². The number of urea groups is 1. The molecule has 0 radical (unpaired) electrons. The number of carbonyl (C=O) groups excluding carboxylic acids is 1. The normalized spacial score (nSPS) is 11.9. The number of benzene rings is 1. The van der Waals surface area contributed by atoms with E-state index in [0.717, 1.165) is 5.69 Å². The van der Waals surface area contributed by atoms with Gasteiger partial charge in [0.1, 0.15) is 0 Å². The average molecular weight is 287 g/mol. The van der Waals surface area contributed by atoms with E-state index in [-0.39, 0.29) is 6.03 Å². The number of imidazole rings is 1. The highest BCUT2D eigenvalue weighted by molar-refractivity contribution is 5.89. The van der Waals surface area contributed by atoms with Gasteiger partial charge in [-0.05, 0) is 31.7 Å². The highest BCUT2D eigenvalue weighted by Crippen LogP contribution is 2.15. The van der Waals surface area contributed by atoms with Crippen molar-refractivity contribution in [3.05, 3.63) is 48.5 Å². The summed E-state index contributed by atoms with van der Waals surface area (Å²) >= 11 is 0. The van der Waals surface area contributed by atoms with Crippen LogP contribution in [0.1, 0.15) is 18.5 Å². The zero-order chi connectivity index (χ0) is 15.1. The third kappa shape index (κ3) is 4.61. The molecule has 112 valence electrons. The van der Waals surface area contributed by atoms with Crippen LogP contribution in [0.5, 0.6) is 0 Å². The SMILES string of the molecule is CNC(C)c1ccc(NC(=O)NCCn2ccnc2)cc1. The van der Waals surface area contributed by atoms with Crippen LogP contribution in [-0.2, 0) is 6.54 Å². The molecule has 6 nitrogen and oxygen atoms in total. The quantitative estimate of drug-likeness (QED) is 0.761. The Morgan fingerprint density at radius 1 is 1.33 bits per heavy atom. The Morgan fingerprint density at radius 3 is 2.71 bits per heavy atom. The van der Waals surface area contributed by atoms with Gasteiger partial charge in [0.25, 0.3) is 0 Å². The summed E-state index contributed by atoms with van der Waals surface area (Å²) in [6.45, 7) is 3.34. The predicted octanol–water partition coefficient (Wildman–Crippen LogP) is 1.99. The molecule has 0 saturated carbocycles. The van der Waals surface area contributed by atoms with Crippen molar-refractivity contribution in [2.45, 2.75) is 19.5 Å². The monoisotopic (exact) mass is 287 g/mol. The van der Waals surface area contributed by atoms with Gasteiger partial charge in [0.05, 0.1) is 6.33 Å². The van der Waals surface area contributed by atoms with Gasteiger partial charge in [-0.2, -0.15) is 0 Å². The molecule has 2 aromatic rings. The molecule has 0 saturated heterocycles. The molecule has 1 aromatic heterocycles. The molecule has 0 fully saturated rings. The third-order valence-corrected chi connectivity index (χ3v) is 3.32. The van der Waals surface area contributed by atoms with Crippen molar-refractivity contribution in [1.82, 2.24) is 20.2 Å². The molecule has 2 rings (SSSR count). The largest absolute Gasteiger partial charge is 0.336 e. The molecule has 21 heavy (non-hydrogen) atoms. The topological polar surface area (TPSA) is 71.0 Å². The Morgan fingerprint density at radius 2 is 2.10 bits per heavy atom. The van der Waals surface area contributed by atoms with Gasteiger partial charge >= 0.3 is 6.03 Å². The van der Waals surface area contributed by atoms with Crippen LogP contribution in [0.3, 0.4) is 0 Å². The molecule has 0 spiro atoms. The number of rotatable bonds is 6. The molecule has 1 unspecified atom stereocenters. The van der Waals surface area contributed by atoms with Gasteiger partial charge in [0.15, 0.2) is 0 Å². The van der Waals surface area contributed by atoms with E-state index < -0.39 is 0 Å². The number of amides is 2. The number of nitrogens with one attached hydrogen (secondary N) is 3. The summed E-state index contributed by atoms with van der Waals surface area (Å²) in [4.78, 5) is 15.7. The summed E-state index contributed by atoms with van der Waals surface area (Å²) in [5.74, 6) is 0. The first-order chi connectivity index (χ1) is 10.2. The third-order valence-electron chi connectivity index (χ3n) is 3.32. The van der Waals surface area contributed by atoms with Crippen molar-refractivity contribution in [1.29, 1.82) is 0 Å². The number of anilines is 1. The smallest absolute Gasteiger partial charge is 0.319 e. The molecule has 6 heteroatoms. The molecular weight excluding hydrogens is 266 g/mol. The number of aromatic nitrogens is 2. The van der Waals surface area contributed by atoms with Crippen LogP contribution in [-0.4, -0.2) is 29.2 Å². The standard InChI is InChI=1S/C15H21N5O/c1-12(16-2)13-3-5-14(6-4-13)19-15(21)18-8-10-20-9-7-17-11-20/h3-7,9,11-12,16H,8,10H2,1-2H3,(H2,18,19,21). The van der Waals surface area contributed by atoms with Gasteiger partial charge in [-0.25, -0.2) is 9.78 Å². The molecule has 1 aromatic carbocycles. The minimum absolute atomic E-state index is 0.204. The number of nitrogens with zero attached hydrogens (tertiary/aromatic N) is 2. The van der Waals surface area contributed by atoms with E-state index in [1.54, 1.807) is 12.5 Å². The molecule has 3 N–H and O–H groups in total. The fourth-order valence-corrected chi connectivity index (χ4v) is 1.91. The van der Waals surface area contributed by atoms with Crippen LogP contribution < -0.4 is 16.0 Å². The zero-order valence-corrected chi connectivity index (χ0v) is 12.3. The van der Waals surface area contributed by atoms with Crippen LogP contribution in [0.2, 0.25) is 0 Å². The lowest BCUT2D eigenvalue weighted by Gasteiger charge is -2.12. The minimum atomic E-state index is -0.204. The summed E-state index contributed by atoms with van der Waals surface area (Å²) in [6.07, 6.45) is 5.30. The predicted molar refractivity (Wildman–Crippen MR) is 83.2 cm³/mol. The lowest BCUT2D eigenvalue weighted by Crippen LogP contribution is -2.31. The van der Waals surface area contributed by atoms with Crippen molar-refractivity contribution >= 4 is 11.7 Å². The van der Waals surface area contributed by atoms with Gasteiger partial charge in [-0.15, -0.1) is 0 Å². The molecule has 1 atom stereocenters. The van der Waals surface area contributed by atoms with Gasteiger partial charge in [-0.1, -0.05) is 12.1 Å². The first kappa shape index (κ1) is 15.1. The number of hydrogen-bond acceptors (Lipinski definition) is 3. The second-order valence-corrected chi connectivity index (χ2v) is 4.81. The Bertz CT molecular complexity index is 550. The van der Waals surface area contributed by atoms with E-state index in [2.05, 4.69) is 27.9 Å². The highest BCUT2D eigenvalue weighted by atomic mass is 16.2. The summed E-state index contributed by atoms with van der Waals surface area (Å²) in [7, 11) is 1.92. The van der Waals surface area contributed by atoms with Gasteiger partial charge in [-0.3, -0.25) is 0 Å². The number of carbonyl (C=O) groups is 1. The zero-order valence-electron chi connectivity index (χ0n) is 12.3. The molecule has 0 aliphatic carbocycles. The Labute approximate surface area is 124 Å². The summed E-state index contributed by atoms with van der Waals surface area (Å²) < 4.78 is 1.91. The first-order valence-corrected chi connectivity index (χ1v) is 6.97.